The molecule has 8 heteroatoms. The molecule has 1 N–H and O–H groups in total. The predicted molar refractivity (Wildman–Crippen MR) is 114 cm³/mol. The Kier molecular flexibility index (Phi) is 6.67. The van der Waals surface area contributed by atoms with Gasteiger partial charge in [0.05, 0.1) is 28.9 Å². The Hall–Kier alpha value is -2.58. The monoisotopic (exact) mass is 433 g/mol. The lowest BCUT2D eigenvalue weighted by Gasteiger charge is -2.25. The van der Waals surface area contributed by atoms with Crippen molar-refractivity contribution in [1.29, 1.82) is 0 Å². The molecule has 3 aromatic rings. The van der Waals surface area contributed by atoms with E-state index in [1.165, 1.54) is 12.1 Å². The first kappa shape index (κ1) is 22.1. The minimum absolute atomic E-state index is 0.212. The van der Waals surface area contributed by atoms with E-state index in [9.17, 15) is 13.0 Å². The second-order valence-electron chi connectivity index (χ2n) is 7.89. The van der Waals surface area contributed by atoms with Crippen LogP contribution in [-0.4, -0.2) is 25.6 Å². The van der Waals surface area contributed by atoms with E-state index in [1.54, 1.807) is 19.5 Å². The van der Waals surface area contributed by atoms with Crippen LogP contribution in [0.2, 0.25) is 0 Å². The molecule has 160 valence electrons. The van der Waals surface area contributed by atoms with Gasteiger partial charge >= 0.3 is 0 Å². The van der Waals surface area contributed by atoms with Gasteiger partial charge in [-0.05, 0) is 69.2 Å². The molecule has 0 amide bonds. The van der Waals surface area contributed by atoms with Crippen molar-refractivity contribution in [2.24, 2.45) is 0 Å². The van der Waals surface area contributed by atoms with Crippen LogP contribution < -0.4 is 9.46 Å². The van der Waals surface area contributed by atoms with Crippen molar-refractivity contribution in [1.82, 2.24) is 14.3 Å². The first-order chi connectivity index (χ1) is 14.2. The number of aromatic nitrogens is 2. The van der Waals surface area contributed by atoms with Gasteiger partial charge in [-0.25, -0.2) is 22.7 Å². The van der Waals surface area contributed by atoms with Gasteiger partial charge in [0.2, 0.25) is 0 Å². The fourth-order valence-electron chi connectivity index (χ4n) is 2.99. The van der Waals surface area contributed by atoms with Gasteiger partial charge in [-0.15, -0.1) is 0 Å². The maximum absolute atomic E-state index is 13.7. The van der Waals surface area contributed by atoms with Gasteiger partial charge in [0.25, 0.3) is 0 Å². The molecule has 3 rings (SSSR count). The molecule has 0 radical (unpaired) electrons. The van der Waals surface area contributed by atoms with Crippen molar-refractivity contribution in [3.63, 3.8) is 0 Å². The highest BCUT2D eigenvalue weighted by Gasteiger charge is 2.27. The maximum atomic E-state index is 13.7. The van der Waals surface area contributed by atoms with Gasteiger partial charge in [-0.3, -0.25) is 0 Å². The number of imidazole rings is 1. The molecule has 0 fully saturated rings. The number of hydrogen-bond acceptors (Lipinski definition) is 3. The summed E-state index contributed by atoms with van der Waals surface area (Å²) in [4.78, 5) is 4.46. The topological polar surface area (TPSA) is 56.1 Å². The molecule has 2 aromatic carbocycles. The number of halogens is 2. The molecule has 1 heterocycles. The Labute approximate surface area is 177 Å². The van der Waals surface area contributed by atoms with Gasteiger partial charge in [-0.1, -0.05) is 0 Å². The predicted octanol–water partition coefficient (Wildman–Crippen LogP) is 4.49. The Morgan fingerprint density at radius 3 is 2.33 bits per heavy atom. The van der Waals surface area contributed by atoms with Gasteiger partial charge in [0.15, 0.2) is 0 Å². The second-order valence-corrected chi connectivity index (χ2v) is 9.88. The third-order valence-electron chi connectivity index (χ3n) is 4.50. The van der Waals surface area contributed by atoms with Crippen LogP contribution in [-0.2, 0) is 17.4 Å². The fourth-order valence-corrected chi connectivity index (χ4v) is 3.79. The zero-order chi connectivity index (χ0) is 21.9. The lowest BCUT2D eigenvalue weighted by molar-refractivity contribution is 0.414. The summed E-state index contributed by atoms with van der Waals surface area (Å²) in [6, 6.07) is 10.3. The van der Waals surface area contributed by atoms with Crippen LogP contribution in [0.4, 0.5) is 8.78 Å². The summed E-state index contributed by atoms with van der Waals surface area (Å²) in [5.74, 6) is -0.0000195. The van der Waals surface area contributed by atoms with E-state index in [1.807, 2.05) is 49.6 Å². The maximum Gasteiger partial charge on any atom is 0.131 e. The molecule has 0 saturated carbocycles. The molecule has 0 spiro atoms. The van der Waals surface area contributed by atoms with Crippen LogP contribution in [0.1, 0.15) is 38.2 Å². The minimum atomic E-state index is -1.42. The summed E-state index contributed by atoms with van der Waals surface area (Å²) >= 11 is 0. The van der Waals surface area contributed by atoms with E-state index in [-0.39, 0.29) is 6.42 Å². The third-order valence-corrected chi connectivity index (χ3v) is 6.11. The first-order valence-electron chi connectivity index (χ1n) is 9.48. The van der Waals surface area contributed by atoms with Crippen LogP contribution in [0.5, 0.6) is 5.75 Å². The smallest absolute Gasteiger partial charge is 0.131 e. The van der Waals surface area contributed by atoms with E-state index < -0.39 is 33.4 Å². The summed E-state index contributed by atoms with van der Waals surface area (Å²) in [6.45, 7) is 5.56. The highest BCUT2D eigenvalue weighted by molar-refractivity contribution is 7.84. The van der Waals surface area contributed by atoms with E-state index in [0.717, 1.165) is 17.5 Å². The van der Waals surface area contributed by atoms with Crippen molar-refractivity contribution < 1.29 is 17.7 Å². The molecule has 0 aliphatic heterocycles. The van der Waals surface area contributed by atoms with Crippen LogP contribution in [0.25, 0.3) is 5.69 Å². The molecule has 0 saturated heterocycles. The lowest BCUT2D eigenvalue weighted by atomic mass is 10.1. The largest absolute Gasteiger partial charge is 0.497 e. The van der Waals surface area contributed by atoms with Crippen LogP contribution in [0, 0.1) is 11.6 Å². The van der Waals surface area contributed by atoms with E-state index in [4.69, 9.17) is 4.74 Å². The van der Waals surface area contributed by atoms with Gasteiger partial charge in [0.1, 0.15) is 23.2 Å². The Morgan fingerprint density at radius 2 is 1.77 bits per heavy atom. The molecule has 2 unspecified atom stereocenters. The average Bonchev–Trinajstić information content (AvgIpc) is 3.15. The quantitative estimate of drug-likeness (QED) is 0.597. The van der Waals surface area contributed by atoms with Crippen LogP contribution in [0.3, 0.4) is 0 Å². The van der Waals surface area contributed by atoms with Gasteiger partial charge in [0, 0.05) is 24.1 Å². The second kappa shape index (κ2) is 9.06. The van der Waals surface area contributed by atoms with Gasteiger partial charge in [-0.2, -0.15) is 0 Å². The van der Waals surface area contributed by atoms with Crippen LogP contribution >= 0.6 is 0 Å². The molecular weight excluding hydrogens is 408 g/mol. The number of nitrogens with one attached hydrogen (secondary N) is 1. The number of methoxy groups -OCH3 is 1. The van der Waals surface area contributed by atoms with Crippen molar-refractivity contribution in [2.45, 2.75) is 38.0 Å². The van der Waals surface area contributed by atoms with Crippen molar-refractivity contribution in [3.05, 3.63) is 77.9 Å². The Morgan fingerprint density at radius 1 is 1.13 bits per heavy atom. The zero-order valence-electron chi connectivity index (χ0n) is 17.4. The summed E-state index contributed by atoms with van der Waals surface area (Å²) in [7, 11) is 0.178. The van der Waals surface area contributed by atoms with Crippen molar-refractivity contribution in [2.75, 3.05) is 7.11 Å². The van der Waals surface area contributed by atoms with Crippen molar-refractivity contribution >= 4 is 11.0 Å². The molecule has 0 aliphatic carbocycles. The molecule has 0 aliphatic rings. The minimum Gasteiger partial charge on any atom is -0.497 e. The number of nitrogens with zero attached hydrogens (tertiary/aromatic N) is 2. The summed E-state index contributed by atoms with van der Waals surface area (Å²) < 4.78 is 49.9. The number of benzene rings is 2. The molecule has 2 atom stereocenters. The highest BCUT2D eigenvalue weighted by Crippen LogP contribution is 2.25. The van der Waals surface area contributed by atoms with Gasteiger partial charge < -0.3 is 9.30 Å². The fraction of sp³-hybridized carbons (Fsp3) is 0.318. The summed E-state index contributed by atoms with van der Waals surface area (Å²) in [5, 5.41) is 0. The zero-order valence-corrected chi connectivity index (χ0v) is 18.2. The third kappa shape index (κ3) is 5.31. The first-order valence-corrected chi connectivity index (χ1v) is 10.6. The molecule has 0 bridgehead atoms. The SMILES string of the molecule is COc1ccc(-n2ccnc2C(Cc2cc(F)cc(F)c2)NS(=O)C(C)(C)C)cc1. The normalized spacial score (nSPS) is 13.8. The van der Waals surface area contributed by atoms with Crippen LogP contribution in [0.15, 0.2) is 54.9 Å². The highest BCUT2D eigenvalue weighted by atomic mass is 32.2. The molecular formula is C22H25F2N3O2S. The number of hydrogen-bond donors (Lipinski definition) is 1. The van der Waals surface area contributed by atoms with E-state index in [2.05, 4.69) is 9.71 Å². The number of ether oxygens (including phenoxy) is 1. The summed E-state index contributed by atoms with van der Waals surface area (Å²) in [6.07, 6.45) is 3.64. The van der Waals surface area contributed by atoms with E-state index in [0.29, 0.717) is 11.4 Å². The molecule has 1 aromatic heterocycles. The van der Waals surface area contributed by atoms with E-state index >= 15 is 0 Å². The summed E-state index contributed by atoms with van der Waals surface area (Å²) in [5.41, 5.74) is 1.28. The Bertz CT molecular complexity index is 1010. The average molecular weight is 434 g/mol. The number of rotatable bonds is 7. The lowest BCUT2D eigenvalue weighted by Crippen LogP contribution is -2.37. The molecule has 5 nitrogen and oxygen atoms in total. The van der Waals surface area contributed by atoms with Crippen molar-refractivity contribution in [3.8, 4) is 11.4 Å². The molecule has 30 heavy (non-hydrogen) atoms. The standard InChI is InChI=1S/C22H25F2N3O2S/c1-22(2,3)30(28)26-20(13-15-11-16(23)14-17(24)12-15)21-25-9-10-27(21)18-5-7-19(29-4)8-6-18/h5-12,14,20,26H,13H2,1-4H3. The Balaban J connectivity index is 1.99.